The number of nitriles is 2. The van der Waals surface area contributed by atoms with Gasteiger partial charge >= 0.3 is 0 Å². The average molecular weight is 174 g/mol. The normalized spacial score (nSPS) is 27.2. The second-order valence-corrected chi connectivity index (χ2v) is 3.62. The van der Waals surface area contributed by atoms with Crippen LogP contribution in [0, 0.1) is 34.5 Å². The molecular weight excluding hydrogens is 160 g/mol. The molecule has 0 heterocycles. The van der Waals surface area contributed by atoms with Crippen LogP contribution in [0.25, 0.3) is 0 Å². The Hall–Kier alpha value is -1.28. The fraction of sp³-hybridized carbons (Fsp3) is 0.636. The van der Waals surface area contributed by atoms with Crippen LogP contribution in [0.1, 0.15) is 32.6 Å². The van der Waals surface area contributed by atoms with E-state index in [0.717, 1.165) is 12.8 Å². The van der Waals surface area contributed by atoms with Gasteiger partial charge in [-0.05, 0) is 31.6 Å². The van der Waals surface area contributed by atoms with Crippen molar-refractivity contribution in [3.05, 3.63) is 11.6 Å². The van der Waals surface area contributed by atoms with Gasteiger partial charge in [0, 0.05) is 12.8 Å². The fourth-order valence-electron chi connectivity index (χ4n) is 2.04. The maximum Gasteiger partial charge on any atom is 0.0628 e. The van der Waals surface area contributed by atoms with E-state index in [1.165, 1.54) is 5.57 Å². The van der Waals surface area contributed by atoms with Crippen LogP contribution in [0.5, 0.6) is 0 Å². The first-order chi connectivity index (χ1) is 6.29. The number of hydrogen-bond donors (Lipinski definition) is 0. The van der Waals surface area contributed by atoms with E-state index in [1.807, 2.05) is 0 Å². The molecule has 1 aliphatic carbocycles. The number of allylic oxidation sites excluding steroid dienone is 2. The van der Waals surface area contributed by atoms with Crippen molar-refractivity contribution < 1.29 is 0 Å². The highest BCUT2D eigenvalue weighted by atomic mass is 14.3. The monoisotopic (exact) mass is 174 g/mol. The van der Waals surface area contributed by atoms with Gasteiger partial charge in [0.2, 0.25) is 0 Å². The van der Waals surface area contributed by atoms with Crippen LogP contribution in [0.15, 0.2) is 11.6 Å². The first-order valence-electron chi connectivity index (χ1n) is 4.70. The lowest BCUT2D eigenvalue weighted by Crippen LogP contribution is -2.18. The molecule has 2 unspecified atom stereocenters. The summed E-state index contributed by atoms with van der Waals surface area (Å²) in [7, 11) is 0. The summed E-state index contributed by atoms with van der Waals surface area (Å²) < 4.78 is 0. The molecule has 68 valence electrons. The van der Waals surface area contributed by atoms with Crippen molar-refractivity contribution >= 4 is 0 Å². The molecule has 1 aliphatic rings. The molecular formula is C11H14N2. The highest BCUT2D eigenvalue weighted by Crippen LogP contribution is 2.34. The Balaban J connectivity index is 2.70. The Labute approximate surface area is 79.5 Å². The third kappa shape index (κ3) is 2.33. The lowest BCUT2D eigenvalue weighted by atomic mass is 9.76. The fourth-order valence-corrected chi connectivity index (χ4v) is 2.04. The summed E-state index contributed by atoms with van der Waals surface area (Å²) in [5.74, 6) is 0.744. The lowest BCUT2D eigenvalue weighted by Gasteiger charge is -2.27. The van der Waals surface area contributed by atoms with Crippen LogP contribution in [-0.2, 0) is 0 Å². The van der Waals surface area contributed by atoms with E-state index in [9.17, 15) is 0 Å². The van der Waals surface area contributed by atoms with Crippen molar-refractivity contribution in [2.24, 2.45) is 11.8 Å². The molecule has 0 aromatic rings. The minimum Gasteiger partial charge on any atom is -0.198 e. The molecule has 0 aromatic carbocycles. The molecule has 0 radical (unpaired) electrons. The molecule has 0 aliphatic heterocycles. The third-order valence-electron chi connectivity index (χ3n) is 2.82. The Morgan fingerprint density at radius 3 is 2.69 bits per heavy atom. The van der Waals surface area contributed by atoms with E-state index >= 15 is 0 Å². The number of hydrogen-bond acceptors (Lipinski definition) is 2. The largest absolute Gasteiger partial charge is 0.198 e. The molecule has 13 heavy (non-hydrogen) atoms. The molecule has 0 N–H and O–H groups in total. The summed E-state index contributed by atoms with van der Waals surface area (Å²) in [4.78, 5) is 0. The molecule has 2 heteroatoms. The summed E-state index contributed by atoms with van der Waals surface area (Å²) in [5, 5.41) is 17.3. The molecule has 0 bridgehead atoms. The van der Waals surface area contributed by atoms with Crippen molar-refractivity contribution in [3.8, 4) is 12.1 Å². The molecule has 0 spiro atoms. The predicted molar refractivity (Wildman–Crippen MR) is 50.4 cm³/mol. The van der Waals surface area contributed by atoms with E-state index in [4.69, 9.17) is 10.5 Å². The van der Waals surface area contributed by atoms with Gasteiger partial charge < -0.3 is 0 Å². The molecule has 0 fully saturated rings. The van der Waals surface area contributed by atoms with Crippen molar-refractivity contribution in [1.29, 1.82) is 10.5 Å². The minimum absolute atomic E-state index is 0.332. The standard InChI is InChI=1S/C11H14N2/c1-9-3-2-4-10(5-7-12)11(9)6-8-13/h3,10-11H,2,4-6H2,1H3. The minimum atomic E-state index is 0.332. The Bertz CT molecular complexity index is 277. The quantitative estimate of drug-likeness (QED) is 0.604. The topological polar surface area (TPSA) is 47.6 Å². The van der Waals surface area contributed by atoms with Gasteiger partial charge in [0.1, 0.15) is 0 Å². The predicted octanol–water partition coefficient (Wildman–Crippen LogP) is 2.79. The molecule has 1 rings (SSSR count). The van der Waals surface area contributed by atoms with Gasteiger partial charge in [0.25, 0.3) is 0 Å². The van der Waals surface area contributed by atoms with Crippen LogP contribution in [0.2, 0.25) is 0 Å². The summed E-state index contributed by atoms with van der Waals surface area (Å²) in [6, 6.07) is 4.42. The maximum absolute atomic E-state index is 8.66. The van der Waals surface area contributed by atoms with Gasteiger partial charge in [-0.1, -0.05) is 11.6 Å². The molecule has 0 amide bonds. The molecule has 0 aromatic heterocycles. The van der Waals surface area contributed by atoms with Crippen LogP contribution in [0.3, 0.4) is 0 Å². The van der Waals surface area contributed by atoms with E-state index in [1.54, 1.807) is 0 Å². The summed E-state index contributed by atoms with van der Waals surface area (Å²) in [6.07, 6.45) is 5.50. The van der Waals surface area contributed by atoms with Crippen LogP contribution >= 0.6 is 0 Å². The first-order valence-corrected chi connectivity index (χ1v) is 4.70. The van der Waals surface area contributed by atoms with E-state index in [0.29, 0.717) is 24.7 Å². The van der Waals surface area contributed by atoms with Crippen LogP contribution in [0.4, 0.5) is 0 Å². The third-order valence-corrected chi connectivity index (χ3v) is 2.82. The summed E-state index contributed by atoms with van der Waals surface area (Å²) >= 11 is 0. The van der Waals surface area contributed by atoms with E-state index in [-0.39, 0.29) is 0 Å². The SMILES string of the molecule is CC1=CCCC(CC#N)C1CC#N. The van der Waals surface area contributed by atoms with Gasteiger partial charge in [0.05, 0.1) is 12.1 Å². The van der Waals surface area contributed by atoms with Crippen LogP contribution < -0.4 is 0 Å². The lowest BCUT2D eigenvalue weighted by molar-refractivity contribution is 0.348. The van der Waals surface area contributed by atoms with Crippen molar-refractivity contribution in [2.45, 2.75) is 32.6 Å². The van der Waals surface area contributed by atoms with Gasteiger partial charge in [-0.3, -0.25) is 0 Å². The first kappa shape index (κ1) is 9.81. The smallest absolute Gasteiger partial charge is 0.0628 e. The zero-order valence-corrected chi connectivity index (χ0v) is 7.95. The average Bonchev–Trinajstić information content (AvgIpc) is 2.11. The van der Waals surface area contributed by atoms with Gasteiger partial charge in [-0.15, -0.1) is 0 Å². The number of nitrogens with zero attached hydrogens (tertiary/aromatic N) is 2. The summed E-state index contributed by atoms with van der Waals surface area (Å²) in [6.45, 7) is 2.07. The van der Waals surface area contributed by atoms with E-state index < -0.39 is 0 Å². The Morgan fingerprint density at radius 1 is 1.38 bits per heavy atom. The van der Waals surface area contributed by atoms with Crippen molar-refractivity contribution in [1.82, 2.24) is 0 Å². The summed E-state index contributed by atoms with van der Waals surface area (Å²) in [5.41, 5.74) is 1.30. The second-order valence-electron chi connectivity index (χ2n) is 3.62. The van der Waals surface area contributed by atoms with Gasteiger partial charge in [-0.25, -0.2) is 0 Å². The molecule has 2 nitrogen and oxygen atoms in total. The molecule has 0 saturated heterocycles. The second kappa shape index (κ2) is 4.67. The maximum atomic E-state index is 8.66. The zero-order valence-electron chi connectivity index (χ0n) is 7.95. The Morgan fingerprint density at radius 2 is 2.08 bits per heavy atom. The van der Waals surface area contributed by atoms with Crippen molar-refractivity contribution in [3.63, 3.8) is 0 Å². The molecule has 0 saturated carbocycles. The highest BCUT2D eigenvalue weighted by Gasteiger charge is 2.24. The number of rotatable bonds is 2. The van der Waals surface area contributed by atoms with Gasteiger partial charge in [-0.2, -0.15) is 10.5 Å². The highest BCUT2D eigenvalue weighted by molar-refractivity contribution is 5.12. The van der Waals surface area contributed by atoms with Crippen LogP contribution in [-0.4, -0.2) is 0 Å². The van der Waals surface area contributed by atoms with Gasteiger partial charge in [0.15, 0.2) is 0 Å². The van der Waals surface area contributed by atoms with Crippen molar-refractivity contribution in [2.75, 3.05) is 0 Å². The zero-order chi connectivity index (χ0) is 9.68. The Kier molecular flexibility index (Phi) is 3.53. The molecule has 2 atom stereocenters. The van der Waals surface area contributed by atoms with E-state index in [2.05, 4.69) is 25.1 Å².